The Morgan fingerprint density at radius 3 is 1.47 bits per heavy atom. The van der Waals surface area contributed by atoms with E-state index in [4.69, 9.17) is 46.4 Å². The summed E-state index contributed by atoms with van der Waals surface area (Å²) >= 11 is 23.8. The van der Waals surface area contributed by atoms with Gasteiger partial charge in [-0.05, 0) is 60.4 Å². The van der Waals surface area contributed by atoms with Crippen LogP contribution < -0.4 is 10.6 Å². The van der Waals surface area contributed by atoms with Crippen LogP contribution in [-0.4, -0.2) is 24.9 Å². The Morgan fingerprint density at radius 2 is 1.10 bits per heavy atom. The van der Waals surface area contributed by atoms with Crippen molar-refractivity contribution in [2.75, 3.05) is 13.1 Å². The number of unbranched alkanes of at least 4 members (excludes halogenated alkanes) is 1. The Kier molecular flexibility index (Phi) is 10.2. The lowest BCUT2D eigenvalue weighted by Crippen LogP contribution is -2.25. The van der Waals surface area contributed by atoms with E-state index in [0.29, 0.717) is 44.3 Å². The maximum absolute atomic E-state index is 11.8. The van der Waals surface area contributed by atoms with Gasteiger partial charge in [0.25, 0.3) is 0 Å². The molecular formula is C22H20Cl4N2O2. The van der Waals surface area contributed by atoms with Crippen LogP contribution >= 0.6 is 46.4 Å². The zero-order chi connectivity index (χ0) is 21.9. The van der Waals surface area contributed by atoms with E-state index < -0.39 is 0 Å². The Morgan fingerprint density at radius 1 is 0.700 bits per heavy atom. The number of carbonyl (C=O) groups is 2. The van der Waals surface area contributed by atoms with Crippen LogP contribution in [0.15, 0.2) is 48.6 Å². The van der Waals surface area contributed by atoms with E-state index in [9.17, 15) is 9.59 Å². The van der Waals surface area contributed by atoms with Crippen LogP contribution in [0.3, 0.4) is 0 Å². The van der Waals surface area contributed by atoms with E-state index in [1.165, 1.54) is 12.2 Å². The molecule has 2 aromatic rings. The Balaban J connectivity index is 1.62. The Hall–Kier alpha value is -1.98. The number of hydrogen-bond donors (Lipinski definition) is 2. The van der Waals surface area contributed by atoms with Gasteiger partial charge in [-0.2, -0.15) is 0 Å². The summed E-state index contributed by atoms with van der Waals surface area (Å²) < 4.78 is 0. The first-order chi connectivity index (χ1) is 14.3. The van der Waals surface area contributed by atoms with E-state index in [1.54, 1.807) is 48.6 Å². The molecule has 0 aliphatic rings. The summed E-state index contributed by atoms with van der Waals surface area (Å²) in [5.41, 5.74) is 1.43. The maximum Gasteiger partial charge on any atom is 0.243 e. The first-order valence-electron chi connectivity index (χ1n) is 9.17. The molecule has 0 heterocycles. The topological polar surface area (TPSA) is 58.2 Å². The van der Waals surface area contributed by atoms with Crippen LogP contribution in [-0.2, 0) is 9.59 Å². The Labute approximate surface area is 195 Å². The fourth-order valence-corrected chi connectivity index (χ4v) is 3.34. The maximum atomic E-state index is 11.8. The monoisotopic (exact) mass is 484 g/mol. The van der Waals surface area contributed by atoms with E-state index in [1.807, 2.05) is 0 Å². The quantitative estimate of drug-likeness (QED) is 0.336. The number of halogens is 4. The lowest BCUT2D eigenvalue weighted by molar-refractivity contribution is -0.117. The SMILES string of the molecule is O=C(/C=C/c1ccc(Cl)cc1Cl)NCCCCNC(=O)/C=C/c1ccc(Cl)cc1Cl. The molecule has 0 aliphatic carbocycles. The molecule has 0 bridgehead atoms. The zero-order valence-electron chi connectivity index (χ0n) is 15.9. The number of benzene rings is 2. The predicted octanol–water partition coefficient (Wildman–Crippen LogP) is 6.04. The van der Waals surface area contributed by atoms with Gasteiger partial charge in [0.1, 0.15) is 0 Å². The van der Waals surface area contributed by atoms with Crippen molar-refractivity contribution in [2.45, 2.75) is 12.8 Å². The van der Waals surface area contributed by atoms with Crippen LogP contribution in [0.4, 0.5) is 0 Å². The molecule has 0 saturated carbocycles. The van der Waals surface area contributed by atoms with Crippen LogP contribution in [0.25, 0.3) is 12.2 Å². The molecule has 2 amide bonds. The molecule has 0 saturated heterocycles. The van der Waals surface area contributed by atoms with Gasteiger partial charge >= 0.3 is 0 Å². The molecule has 0 fully saturated rings. The molecule has 0 spiro atoms. The van der Waals surface area contributed by atoms with E-state index in [0.717, 1.165) is 12.8 Å². The predicted molar refractivity (Wildman–Crippen MR) is 126 cm³/mol. The number of nitrogens with one attached hydrogen (secondary N) is 2. The summed E-state index contributed by atoms with van der Waals surface area (Å²) in [6.45, 7) is 1.01. The fraction of sp³-hybridized carbons (Fsp3) is 0.182. The van der Waals surface area contributed by atoms with Crippen molar-refractivity contribution in [1.29, 1.82) is 0 Å². The molecule has 0 unspecified atom stereocenters. The number of amides is 2. The van der Waals surface area contributed by atoms with Gasteiger partial charge in [-0.1, -0.05) is 58.5 Å². The van der Waals surface area contributed by atoms with Crippen LogP contribution in [0.1, 0.15) is 24.0 Å². The van der Waals surface area contributed by atoms with Gasteiger partial charge in [-0.25, -0.2) is 0 Å². The van der Waals surface area contributed by atoms with Crippen molar-refractivity contribution in [1.82, 2.24) is 10.6 Å². The first-order valence-corrected chi connectivity index (χ1v) is 10.7. The van der Waals surface area contributed by atoms with Gasteiger partial charge in [0.05, 0.1) is 0 Å². The molecule has 0 aromatic heterocycles. The standard InChI is InChI=1S/C22H20Cl4N2O2/c23-17-7-3-15(19(25)13-17)5-9-21(29)27-11-1-2-12-28-22(30)10-6-16-4-8-18(24)14-20(16)26/h3-10,13-14H,1-2,11-12H2,(H,27,29)(H,28,30)/b9-5+,10-6+. The molecule has 2 rings (SSSR count). The molecule has 2 N–H and O–H groups in total. The smallest absolute Gasteiger partial charge is 0.243 e. The third-order valence-electron chi connectivity index (χ3n) is 3.96. The molecule has 30 heavy (non-hydrogen) atoms. The van der Waals surface area contributed by atoms with Crippen molar-refractivity contribution in [2.24, 2.45) is 0 Å². The van der Waals surface area contributed by atoms with E-state index in [-0.39, 0.29) is 11.8 Å². The van der Waals surface area contributed by atoms with Gasteiger partial charge < -0.3 is 10.6 Å². The lowest BCUT2D eigenvalue weighted by Gasteiger charge is -2.04. The second-order valence-electron chi connectivity index (χ2n) is 6.29. The van der Waals surface area contributed by atoms with Crippen LogP contribution in [0, 0.1) is 0 Å². The summed E-state index contributed by atoms with van der Waals surface area (Å²) in [4.78, 5) is 23.7. The molecule has 0 radical (unpaired) electrons. The van der Waals surface area contributed by atoms with Crippen LogP contribution in [0.2, 0.25) is 20.1 Å². The molecule has 158 valence electrons. The van der Waals surface area contributed by atoms with Crippen LogP contribution in [0.5, 0.6) is 0 Å². The van der Waals surface area contributed by atoms with Gasteiger partial charge in [-0.15, -0.1) is 0 Å². The third-order valence-corrected chi connectivity index (χ3v) is 5.08. The van der Waals surface area contributed by atoms with Gasteiger partial charge in [0.15, 0.2) is 0 Å². The molecule has 8 heteroatoms. The van der Waals surface area contributed by atoms with Crippen molar-refractivity contribution in [3.05, 3.63) is 79.8 Å². The number of carbonyl (C=O) groups excluding carboxylic acids is 2. The number of rotatable bonds is 9. The molecular weight excluding hydrogens is 466 g/mol. The highest BCUT2D eigenvalue weighted by Crippen LogP contribution is 2.22. The second-order valence-corrected chi connectivity index (χ2v) is 7.97. The molecule has 0 aliphatic heterocycles. The summed E-state index contributed by atoms with van der Waals surface area (Å²) in [5.74, 6) is -0.430. The highest BCUT2D eigenvalue weighted by Gasteiger charge is 2.01. The molecule has 2 aromatic carbocycles. The minimum absolute atomic E-state index is 0.215. The highest BCUT2D eigenvalue weighted by molar-refractivity contribution is 6.36. The Bertz CT molecular complexity index is 881. The normalized spacial score (nSPS) is 11.2. The minimum Gasteiger partial charge on any atom is -0.353 e. The van der Waals surface area contributed by atoms with Crippen molar-refractivity contribution < 1.29 is 9.59 Å². The average Bonchev–Trinajstić information content (AvgIpc) is 2.69. The second kappa shape index (κ2) is 12.7. The summed E-state index contributed by atoms with van der Waals surface area (Å²) in [6, 6.07) is 10.1. The van der Waals surface area contributed by atoms with Crippen molar-refractivity contribution in [3.8, 4) is 0 Å². The minimum atomic E-state index is -0.215. The summed E-state index contributed by atoms with van der Waals surface area (Å²) in [6.07, 6.45) is 7.57. The van der Waals surface area contributed by atoms with Gasteiger partial charge in [0, 0.05) is 45.3 Å². The average molecular weight is 486 g/mol. The van der Waals surface area contributed by atoms with E-state index >= 15 is 0 Å². The number of hydrogen-bond acceptors (Lipinski definition) is 2. The van der Waals surface area contributed by atoms with Gasteiger partial charge in [-0.3, -0.25) is 9.59 Å². The molecule has 0 atom stereocenters. The van der Waals surface area contributed by atoms with Gasteiger partial charge in [0.2, 0.25) is 11.8 Å². The third kappa shape index (κ3) is 8.80. The lowest BCUT2D eigenvalue weighted by atomic mass is 10.2. The summed E-state index contributed by atoms with van der Waals surface area (Å²) in [7, 11) is 0. The van der Waals surface area contributed by atoms with Crippen molar-refractivity contribution >= 4 is 70.4 Å². The molecule has 4 nitrogen and oxygen atoms in total. The highest BCUT2D eigenvalue weighted by atomic mass is 35.5. The first kappa shape index (κ1) is 24.3. The zero-order valence-corrected chi connectivity index (χ0v) is 19.0. The van der Waals surface area contributed by atoms with Crippen molar-refractivity contribution in [3.63, 3.8) is 0 Å². The van der Waals surface area contributed by atoms with E-state index in [2.05, 4.69) is 10.6 Å². The summed E-state index contributed by atoms with van der Waals surface area (Å²) in [5, 5.41) is 7.61. The largest absolute Gasteiger partial charge is 0.353 e. The fourth-order valence-electron chi connectivity index (χ4n) is 2.40.